The summed E-state index contributed by atoms with van der Waals surface area (Å²) in [7, 11) is 0. The van der Waals surface area contributed by atoms with Gasteiger partial charge in [-0.05, 0) is 12.8 Å². The van der Waals surface area contributed by atoms with Crippen molar-refractivity contribution in [2.24, 2.45) is 11.3 Å². The van der Waals surface area contributed by atoms with Crippen LogP contribution in [0.5, 0.6) is 0 Å². The van der Waals surface area contributed by atoms with Crippen LogP contribution in [0.3, 0.4) is 0 Å². The van der Waals surface area contributed by atoms with Crippen molar-refractivity contribution in [1.82, 2.24) is 9.97 Å². The lowest BCUT2D eigenvalue weighted by molar-refractivity contribution is -0.172. The molecule has 1 unspecified atom stereocenters. The molecule has 0 spiro atoms. The summed E-state index contributed by atoms with van der Waals surface area (Å²) < 4.78 is 4.93. The summed E-state index contributed by atoms with van der Waals surface area (Å²) in [5.74, 6) is -2.46. The number of carboxylic acids is 1. The Kier molecular flexibility index (Phi) is 5.44. The predicted molar refractivity (Wildman–Crippen MR) is 72.3 cm³/mol. The monoisotopic (exact) mass is 300 g/mol. The van der Waals surface area contributed by atoms with Crippen molar-refractivity contribution < 1.29 is 19.4 Å². The number of esters is 1. The van der Waals surface area contributed by atoms with Crippen LogP contribution in [0, 0.1) is 11.3 Å². The summed E-state index contributed by atoms with van der Waals surface area (Å²) in [6.07, 6.45) is 2.58. The number of carboxylic acid groups (broad SMARTS) is 1. The molecule has 0 radical (unpaired) electrons. The molecular weight excluding hydrogens is 284 g/mol. The lowest BCUT2D eigenvalue weighted by Gasteiger charge is -2.30. The summed E-state index contributed by atoms with van der Waals surface area (Å²) in [4.78, 5) is 31.7. The maximum atomic E-state index is 12.1. The number of rotatable bonds is 6. The van der Waals surface area contributed by atoms with E-state index < -0.39 is 23.3 Å². The Morgan fingerprint density at radius 3 is 2.45 bits per heavy atom. The van der Waals surface area contributed by atoms with Gasteiger partial charge in [0.2, 0.25) is 0 Å². The van der Waals surface area contributed by atoms with Crippen molar-refractivity contribution in [2.45, 2.75) is 27.2 Å². The molecule has 0 aliphatic heterocycles. The Balaban J connectivity index is 3.19. The van der Waals surface area contributed by atoms with Crippen molar-refractivity contribution in [1.29, 1.82) is 0 Å². The molecule has 0 saturated heterocycles. The number of carbonyl (C=O) groups is 2. The van der Waals surface area contributed by atoms with Gasteiger partial charge in [-0.1, -0.05) is 25.4 Å². The van der Waals surface area contributed by atoms with Crippen LogP contribution >= 0.6 is 11.6 Å². The Hall–Kier alpha value is -1.69. The van der Waals surface area contributed by atoms with Crippen LogP contribution in [0.25, 0.3) is 0 Å². The SMILES string of the molecule is CCOC(=O)C(Cc1cnc(Cl)cn1)(C(=O)O)C(C)C. The number of nitrogens with zero attached hydrogens (tertiary/aromatic N) is 2. The first-order valence-corrected chi connectivity index (χ1v) is 6.59. The van der Waals surface area contributed by atoms with E-state index in [0.717, 1.165) is 0 Å². The van der Waals surface area contributed by atoms with Crippen LogP contribution in [0.15, 0.2) is 12.4 Å². The molecule has 0 aliphatic rings. The van der Waals surface area contributed by atoms with Crippen LogP contribution < -0.4 is 0 Å². The Bertz CT molecular complexity index is 490. The van der Waals surface area contributed by atoms with Crippen molar-refractivity contribution in [2.75, 3.05) is 6.61 Å². The number of halogens is 1. The van der Waals surface area contributed by atoms with E-state index in [-0.39, 0.29) is 18.2 Å². The van der Waals surface area contributed by atoms with E-state index >= 15 is 0 Å². The molecule has 1 atom stereocenters. The summed E-state index contributed by atoms with van der Waals surface area (Å²) in [6.45, 7) is 5.07. The maximum Gasteiger partial charge on any atom is 0.324 e. The fourth-order valence-corrected chi connectivity index (χ4v) is 2.00. The molecule has 0 fully saturated rings. The standard InChI is InChI=1S/C13H17ClN2O4/c1-4-20-12(19)13(8(2)3,11(17)18)5-9-6-16-10(14)7-15-9/h6-8H,4-5H2,1-3H3,(H,17,18). The first-order valence-electron chi connectivity index (χ1n) is 6.21. The second kappa shape index (κ2) is 6.65. The normalized spacial score (nSPS) is 13.8. The minimum Gasteiger partial charge on any atom is -0.480 e. The third-order valence-corrected chi connectivity index (χ3v) is 3.34. The van der Waals surface area contributed by atoms with E-state index in [0.29, 0.717) is 5.69 Å². The van der Waals surface area contributed by atoms with Crippen LogP contribution in [0.1, 0.15) is 26.5 Å². The molecule has 7 heteroatoms. The van der Waals surface area contributed by atoms with Gasteiger partial charge in [-0.25, -0.2) is 4.98 Å². The quantitative estimate of drug-likeness (QED) is 0.638. The minimum atomic E-state index is -1.68. The summed E-state index contributed by atoms with van der Waals surface area (Å²) in [5, 5.41) is 9.74. The Morgan fingerprint density at radius 1 is 1.40 bits per heavy atom. The number of carbonyl (C=O) groups excluding carboxylic acids is 1. The Labute approximate surface area is 122 Å². The highest BCUT2D eigenvalue weighted by Gasteiger charge is 2.50. The highest BCUT2D eigenvalue weighted by atomic mass is 35.5. The minimum absolute atomic E-state index is 0.0942. The molecular formula is C13H17ClN2O4. The van der Waals surface area contributed by atoms with Crippen LogP contribution in [0.4, 0.5) is 0 Å². The van der Waals surface area contributed by atoms with E-state index in [2.05, 4.69) is 9.97 Å². The van der Waals surface area contributed by atoms with Gasteiger partial charge in [-0.3, -0.25) is 14.6 Å². The van der Waals surface area contributed by atoms with E-state index in [9.17, 15) is 14.7 Å². The van der Waals surface area contributed by atoms with Crippen LogP contribution in [-0.4, -0.2) is 33.6 Å². The van der Waals surface area contributed by atoms with Gasteiger partial charge in [-0.2, -0.15) is 0 Å². The van der Waals surface area contributed by atoms with Crippen molar-refractivity contribution in [3.05, 3.63) is 23.2 Å². The molecule has 110 valence electrons. The molecule has 0 aromatic carbocycles. The van der Waals surface area contributed by atoms with Gasteiger partial charge in [0.1, 0.15) is 5.15 Å². The lowest BCUT2D eigenvalue weighted by Crippen LogP contribution is -2.47. The van der Waals surface area contributed by atoms with Crippen molar-refractivity contribution in [3.8, 4) is 0 Å². The number of ether oxygens (including phenoxy) is 1. The van der Waals surface area contributed by atoms with Gasteiger partial charge in [0.05, 0.1) is 24.7 Å². The fraction of sp³-hybridized carbons (Fsp3) is 0.538. The molecule has 0 saturated carbocycles. The van der Waals surface area contributed by atoms with E-state index in [1.165, 1.54) is 12.4 Å². The van der Waals surface area contributed by atoms with Gasteiger partial charge in [-0.15, -0.1) is 0 Å². The maximum absolute atomic E-state index is 12.1. The van der Waals surface area contributed by atoms with Gasteiger partial charge in [0.25, 0.3) is 0 Å². The molecule has 1 heterocycles. The second-order valence-corrected chi connectivity index (χ2v) is 5.05. The van der Waals surface area contributed by atoms with E-state index in [1.54, 1.807) is 20.8 Å². The first-order chi connectivity index (χ1) is 9.34. The average Bonchev–Trinajstić information content (AvgIpc) is 2.37. The number of aliphatic carboxylic acids is 1. The summed E-state index contributed by atoms with van der Waals surface area (Å²) in [5.41, 5.74) is -1.31. The number of hydrogen-bond donors (Lipinski definition) is 1. The van der Waals surface area contributed by atoms with Crippen molar-refractivity contribution >= 4 is 23.5 Å². The molecule has 1 aromatic rings. The molecule has 0 aliphatic carbocycles. The largest absolute Gasteiger partial charge is 0.480 e. The zero-order valence-corrected chi connectivity index (χ0v) is 12.3. The molecule has 0 amide bonds. The smallest absolute Gasteiger partial charge is 0.324 e. The third kappa shape index (κ3) is 3.25. The van der Waals surface area contributed by atoms with Gasteiger partial charge in [0.15, 0.2) is 5.41 Å². The van der Waals surface area contributed by atoms with E-state index in [4.69, 9.17) is 16.3 Å². The average molecular weight is 301 g/mol. The second-order valence-electron chi connectivity index (χ2n) is 4.66. The zero-order valence-electron chi connectivity index (χ0n) is 11.6. The van der Waals surface area contributed by atoms with Crippen LogP contribution in [0.2, 0.25) is 5.15 Å². The molecule has 1 rings (SSSR count). The Morgan fingerprint density at radius 2 is 2.05 bits per heavy atom. The fourth-order valence-electron chi connectivity index (χ4n) is 1.90. The molecule has 0 bridgehead atoms. The third-order valence-electron chi connectivity index (χ3n) is 3.14. The number of hydrogen-bond acceptors (Lipinski definition) is 5. The number of aromatic nitrogens is 2. The van der Waals surface area contributed by atoms with E-state index in [1.807, 2.05) is 0 Å². The molecule has 1 N–H and O–H groups in total. The topological polar surface area (TPSA) is 89.4 Å². The summed E-state index contributed by atoms with van der Waals surface area (Å²) in [6, 6.07) is 0. The summed E-state index contributed by atoms with van der Waals surface area (Å²) >= 11 is 5.64. The highest BCUT2D eigenvalue weighted by molar-refractivity contribution is 6.29. The van der Waals surface area contributed by atoms with Gasteiger partial charge in [0, 0.05) is 6.42 Å². The molecule has 20 heavy (non-hydrogen) atoms. The lowest BCUT2D eigenvalue weighted by atomic mass is 9.73. The molecule has 1 aromatic heterocycles. The van der Waals surface area contributed by atoms with Gasteiger partial charge >= 0.3 is 11.9 Å². The van der Waals surface area contributed by atoms with Crippen LogP contribution in [-0.2, 0) is 20.7 Å². The molecule has 6 nitrogen and oxygen atoms in total. The van der Waals surface area contributed by atoms with Crippen molar-refractivity contribution in [3.63, 3.8) is 0 Å². The first kappa shape index (κ1) is 16.4. The van der Waals surface area contributed by atoms with Gasteiger partial charge < -0.3 is 9.84 Å². The zero-order chi connectivity index (χ0) is 15.3. The predicted octanol–water partition coefficient (Wildman–Crippen LogP) is 1.96. The highest BCUT2D eigenvalue weighted by Crippen LogP contribution is 2.33.